The van der Waals surface area contributed by atoms with Gasteiger partial charge in [-0.25, -0.2) is 9.97 Å². The SMILES string of the molecule is COc1cc(-c2cc3nccnc3c(OC[C@@H]3CN(C(C)=O)CCO3)n2)ccc1OC(C)C. The molecule has 0 N–H and O–H groups in total. The van der Waals surface area contributed by atoms with E-state index in [0.29, 0.717) is 53.8 Å². The van der Waals surface area contributed by atoms with Crippen molar-refractivity contribution in [2.45, 2.75) is 33.0 Å². The predicted octanol–water partition coefficient (Wildman–Crippen LogP) is 3.11. The number of carbonyl (C=O) groups is 1. The van der Waals surface area contributed by atoms with E-state index < -0.39 is 0 Å². The van der Waals surface area contributed by atoms with E-state index in [-0.39, 0.29) is 24.7 Å². The van der Waals surface area contributed by atoms with Crippen LogP contribution in [0, 0.1) is 0 Å². The fourth-order valence-electron chi connectivity index (χ4n) is 3.65. The summed E-state index contributed by atoms with van der Waals surface area (Å²) < 4.78 is 23.2. The van der Waals surface area contributed by atoms with E-state index in [1.807, 2.05) is 38.1 Å². The first-order valence-electron chi connectivity index (χ1n) is 10.9. The number of fused-ring (bicyclic) bond motifs is 1. The molecule has 2 aromatic heterocycles. The first-order chi connectivity index (χ1) is 15.9. The lowest BCUT2D eigenvalue weighted by Crippen LogP contribution is -2.46. The molecule has 0 saturated carbocycles. The summed E-state index contributed by atoms with van der Waals surface area (Å²) in [6.07, 6.45) is 3.02. The molecular formula is C24H28N4O5. The summed E-state index contributed by atoms with van der Waals surface area (Å²) in [5, 5.41) is 0. The average molecular weight is 453 g/mol. The standard InChI is InChI=1S/C24H28N4O5/c1-15(2)33-21-6-5-17(11-22(21)30-4)19-12-20-23(26-8-7-25-20)24(27-19)32-14-18-13-28(16(3)29)9-10-31-18/h5-8,11-12,15,18H,9-10,13-14H2,1-4H3/t18-/m0/s1. The Labute approximate surface area is 192 Å². The van der Waals surface area contributed by atoms with Crippen LogP contribution in [-0.2, 0) is 9.53 Å². The third kappa shape index (κ3) is 5.31. The third-order valence-electron chi connectivity index (χ3n) is 5.24. The number of ether oxygens (including phenoxy) is 4. The van der Waals surface area contributed by atoms with Crippen LogP contribution in [0.25, 0.3) is 22.3 Å². The zero-order valence-electron chi connectivity index (χ0n) is 19.3. The Balaban J connectivity index is 1.62. The largest absolute Gasteiger partial charge is 0.493 e. The molecular weight excluding hydrogens is 424 g/mol. The molecule has 1 aromatic carbocycles. The van der Waals surface area contributed by atoms with E-state index in [9.17, 15) is 4.79 Å². The highest BCUT2D eigenvalue weighted by molar-refractivity contribution is 5.83. The molecule has 0 aliphatic carbocycles. The van der Waals surface area contributed by atoms with Gasteiger partial charge in [0.1, 0.15) is 12.7 Å². The van der Waals surface area contributed by atoms with Crippen molar-refractivity contribution in [2.75, 3.05) is 33.4 Å². The molecule has 1 saturated heterocycles. The molecule has 1 atom stereocenters. The van der Waals surface area contributed by atoms with Gasteiger partial charge in [0.25, 0.3) is 0 Å². The molecule has 0 radical (unpaired) electrons. The Morgan fingerprint density at radius 1 is 1.21 bits per heavy atom. The van der Waals surface area contributed by atoms with Crippen LogP contribution in [0.5, 0.6) is 17.4 Å². The lowest BCUT2D eigenvalue weighted by atomic mass is 10.1. The van der Waals surface area contributed by atoms with Crippen molar-refractivity contribution >= 4 is 16.9 Å². The number of hydrogen-bond donors (Lipinski definition) is 0. The van der Waals surface area contributed by atoms with Crippen LogP contribution in [0.4, 0.5) is 0 Å². The highest BCUT2D eigenvalue weighted by atomic mass is 16.5. The minimum Gasteiger partial charge on any atom is -0.493 e. The second kappa shape index (κ2) is 9.99. The topological polar surface area (TPSA) is 95.9 Å². The van der Waals surface area contributed by atoms with E-state index in [4.69, 9.17) is 23.9 Å². The van der Waals surface area contributed by atoms with Crippen molar-refractivity contribution in [2.24, 2.45) is 0 Å². The van der Waals surface area contributed by atoms with E-state index >= 15 is 0 Å². The monoisotopic (exact) mass is 452 g/mol. The van der Waals surface area contributed by atoms with Gasteiger partial charge in [0.2, 0.25) is 11.8 Å². The van der Waals surface area contributed by atoms with Crippen LogP contribution < -0.4 is 14.2 Å². The molecule has 1 aliphatic heterocycles. The highest BCUT2D eigenvalue weighted by Gasteiger charge is 2.23. The minimum atomic E-state index is -0.243. The first kappa shape index (κ1) is 22.7. The van der Waals surface area contributed by atoms with Crippen LogP contribution in [0.2, 0.25) is 0 Å². The Kier molecular flexibility index (Phi) is 6.88. The number of morpholine rings is 1. The minimum absolute atomic E-state index is 0.0265. The smallest absolute Gasteiger partial charge is 0.242 e. The van der Waals surface area contributed by atoms with Crippen molar-refractivity contribution in [3.63, 3.8) is 0 Å². The molecule has 9 heteroatoms. The number of nitrogens with zero attached hydrogens (tertiary/aromatic N) is 4. The number of pyridine rings is 1. The number of amides is 1. The number of carbonyl (C=O) groups excluding carboxylic acids is 1. The molecule has 174 valence electrons. The van der Waals surface area contributed by atoms with E-state index in [1.165, 1.54) is 0 Å². The van der Waals surface area contributed by atoms with Gasteiger partial charge in [-0.3, -0.25) is 9.78 Å². The van der Waals surface area contributed by atoms with Crippen LogP contribution >= 0.6 is 0 Å². The Hall–Kier alpha value is -3.46. The van der Waals surface area contributed by atoms with Crippen LogP contribution in [0.15, 0.2) is 36.7 Å². The lowest BCUT2D eigenvalue weighted by Gasteiger charge is -2.32. The maximum absolute atomic E-state index is 11.7. The molecule has 33 heavy (non-hydrogen) atoms. The Morgan fingerprint density at radius 2 is 2.03 bits per heavy atom. The second-order valence-electron chi connectivity index (χ2n) is 8.04. The van der Waals surface area contributed by atoms with Gasteiger partial charge in [0.15, 0.2) is 17.0 Å². The summed E-state index contributed by atoms with van der Waals surface area (Å²) in [5.41, 5.74) is 2.72. The summed E-state index contributed by atoms with van der Waals surface area (Å²) in [6, 6.07) is 7.52. The van der Waals surface area contributed by atoms with E-state index in [2.05, 4.69) is 9.97 Å². The summed E-state index contributed by atoms with van der Waals surface area (Å²) in [7, 11) is 1.61. The zero-order valence-corrected chi connectivity index (χ0v) is 19.3. The molecule has 1 amide bonds. The number of methoxy groups -OCH3 is 1. The number of rotatable bonds is 7. The lowest BCUT2D eigenvalue weighted by molar-refractivity contribution is -0.137. The molecule has 3 heterocycles. The number of benzene rings is 1. The summed E-state index contributed by atoms with van der Waals surface area (Å²) in [4.78, 5) is 27.0. The Morgan fingerprint density at radius 3 is 2.79 bits per heavy atom. The molecule has 3 aromatic rings. The zero-order chi connectivity index (χ0) is 23.4. The molecule has 1 aliphatic rings. The summed E-state index contributed by atoms with van der Waals surface area (Å²) in [5.74, 6) is 1.67. The highest BCUT2D eigenvalue weighted by Crippen LogP contribution is 2.34. The van der Waals surface area contributed by atoms with Crippen LogP contribution in [0.3, 0.4) is 0 Å². The van der Waals surface area contributed by atoms with Gasteiger partial charge in [0, 0.05) is 31.4 Å². The van der Waals surface area contributed by atoms with Crippen molar-refractivity contribution in [3.05, 3.63) is 36.7 Å². The van der Waals surface area contributed by atoms with Crippen molar-refractivity contribution in [1.82, 2.24) is 19.9 Å². The summed E-state index contributed by atoms with van der Waals surface area (Å²) >= 11 is 0. The van der Waals surface area contributed by atoms with Gasteiger partial charge in [-0.15, -0.1) is 0 Å². The Bertz CT molecular complexity index is 1140. The van der Waals surface area contributed by atoms with Gasteiger partial charge >= 0.3 is 0 Å². The van der Waals surface area contributed by atoms with Gasteiger partial charge < -0.3 is 23.8 Å². The fourth-order valence-corrected chi connectivity index (χ4v) is 3.65. The average Bonchev–Trinajstić information content (AvgIpc) is 2.82. The number of hydrogen-bond acceptors (Lipinski definition) is 8. The van der Waals surface area contributed by atoms with Crippen LogP contribution in [-0.4, -0.2) is 71.4 Å². The van der Waals surface area contributed by atoms with Gasteiger partial charge in [-0.2, -0.15) is 0 Å². The summed E-state index contributed by atoms with van der Waals surface area (Å²) in [6.45, 7) is 7.28. The molecule has 9 nitrogen and oxygen atoms in total. The van der Waals surface area contributed by atoms with E-state index in [0.717, 1.165) is 5.56 Å². The number of aromatic nitrogens is 3. The molecule has 0 spiro atoms. The molecule has 0 bridgehead atoms. The molecule has 0 unspecified atom stereocenters. The molecule has 1 fully saturated rings. The normalized spacial score (nSPS) is 16.2. The third-order valence-corrected chi connectivity index (χ3v) is 5.24. The van der Waals surface area contributed by atoms with Crippen molar-refractivity contribution in [3.8, 4) is 28.6 Å². The quantitative estimate of drug-likeness (QED) is 0.540. The van der Waals surface area contributed by atoms with Gasteiger partial charge in [-0.05, 0) is 38.1 Å². The van der Waals surface area contributed by atoms with Gasteiger partial charge in [0.05, 0.1) is 37.6 Å². The van der Waals surface area contributed by atoms with Crippen molar-refractivity contribution in [1.29, 1.82) is 0 Å². The maximum Gasteiger partial charge on any atom is 0.242 e. The second-order valence-corrected chi connectivity index (χ2v) is 8.04. The van der Waals surface area contributed by atoms with Crippen molar-refractivity contribution < 1.29 is 23.7 Å². The fraction of sp³-hybridized carbons (Fsp3) is 0.417. The maximum atomic E-state index is 11.7. The predicted molar refractivity (Wildman–Crippen MR) is 123 cm³/mol. The van der Waals surface area contributed by atoms with E-state index in [1.54, 1.807) is 31.3 Å². The van der Waals surface area contributed by atoms with Gasteiger partial charge in [-0.1, -0.05) is 0 Å². The van der Waals surface area contributed by atoms with Crippen LogP contribution in [0.1, 0.15) is 20.8 Å². The first-order valence-corrected chi connectivity index (χ1v) is 10.9. The molecule has 4 rings (SSSR count).